The fourth-order valence-electron chi connectivity index (χ4n) is 1.09. The van der Waals surface area contributed by atoms with Crippen molar-refractivity contribution >= 4 is 5.71 Å². The first-order valence-electron chi connectivity index (χ1n) is 6.02. The molecule has 0 aliphatic carbocycles. The molecule has 0 saturated heterocycles. The van der Waals surface area contributed by atoms with Crippen molar-refractivity contribution in [3.63, 3.8) is 0 Å². The van der Waals surface area contributed by atoms with Crippen molar-refractivity contribution in [3.05, 3.63) is 11.8 Å². The van der Waals surface area contributed by atoms with Gasteiger partial charge in [0.15, 0.2) is 0 Å². The summed E-state index contributed by atoms with van der Waals surface area (Å²) in [6.07, 6.45) is 5.10. The number of aliphatic imine (C=N–C) groups is 1. The van der Waals surface area contributed by atoms with Crippen molar-refractivity contribution in [1.82, 2.24) is 0 Å². The molecule has 0 atom stereocenters. The normalized spacial score (nSPS) is 13.2. The second kappa shape index (κ2) is 10.8. The van der Waals surface area contributed by atoms with Crippen molar-refractivity contribution in [2.75, 3.05) is 26.9 Å². The van der Waals surface area contributed by atoms with Gasteiger partial charge in [-0.1, -0.05) is 25.8 Å². The molecule has 0 aromatic rings. The van der Waals surface area contributed by atoms with E-state index < -0.39 is 0 Å². The Bertz CT molecular complexity index is 222. The summed E-state index contributed by atoms with van der Waals surface area (Å²) >= 11 is 0. The lowest BCUT2D eigenvalue weighted by Crippen LogP contribution is -2.11. The molecule has 3 heteroatoms. The van der Waals surface area contributed by atoms with Crippen molar-refractivity contribution < 1.29 is 9.47 Å². The number of hydrogen-bond acceptors (Lipinski definition) is 3. The predicted molar refractivity (Wildman–Crippen MR) is 69.1 cm³/mol. The van der Waals surface area contributed by atoms with Gasteiger partial charge in [-0.2, -0.15) is 0 Å². The zero-order valence-corrected chi connectivity index (χ0v) is 11.1. The van der Waals surface area contributed by atoms with Gasteiger partial charge in [-0.25, -0.2) is 0 Å². The van der Waals surface area contributed by atoms with E-state index in [1.165, 1.54) is 5.57 Å². The summed E-state index contributed by atoms with van der Waals surface area (Å²) in [5, 5.41) is 0. The Morgan fingerprint density at radius 3 is 2.56 bits per heavy atom. The van der Waals surface area contributed by atoms with Crippen LogP contribution in [-0.4, -0.2) is 32.6 Å². The fourth-order valence-corrected chi connectivity index (χ4v) is 1.09. The molecule has 0 bridgehead atoms. The maximum absolute atomic E-state index is 5.47. The largest absolute Gasteiger partial charge is 0.382 e. The standard InChI is InChI=1S/C13H25NO2/c1-5-7-13(11-16-9-8-15-4)14-10-12(3)6-2/h10H,5-9,11H2,1-4H3/b12-10+,14-13?. The Morgan fingerprint density at radius 2 is 2.00 bits per heavy atom. The van der Waals surface area contributed by atoms with Crippen LogP contribution < -0.4 is 0 Å². The Kier molecular flexibility index (Phi) is 10.4. The minimum Gasteiger partial charge on any atom is -0.382 e. The average Bonchev–Trinajstić information content (AvgIpc) is 2.30. The average molecular weight is 227 g/mol. The fraction of sp³-hybridized carbons (Fsp3) is 0.769. The topological polar surface area (TPSA) is 30.8 Å². The summed E-state index contributed by atoms with van der Waals surface area (Å²) in [4.78, 5) is 4.47. The molecule has 0 aliphatic heterocycles. The molecular weight excluding hydrogens is 202 g/mol. The number of ether oxygens (including phenoxy) is 2. The van der Waals surface area contributed by atoms with Gasteiger partial charge in [0.25, 0.3) is 0 Å². The first-order chi connectivity index (χ1) is 7.74. The van der Waals surface area contributed by atoms with Crippen LogP contribution in [0, 0.1) is 0 Å². The number of hydrogen-bond donors (Lipinski definition) is 0. The van der Waals surface area contributed by atoms with Gasteiger partial charge >= 0.3 is 0 Å². The van der Waals surface area contributed by atoms with Gasteiger partial charge in [0, 0.05) is 19.0 Å². The third-order valence-electron chi connectivity index (χ3n) is 2.26. The van der Waals surface area contributed by atoms with Crippen molar-refractivity contribution in [1.29, 1.82) is 0 Å². The molecule has 0 aromatic carbocycles. The molecule has 0 aromatic heterocycles. The third-order valence-corrected chi connectivity index (χ3v) is 2.26. The summed E-state index contributed by atoms with van der Waals surface area (Å²) in [5.41, 5.74) is 2.41. The third kappa shape index (κ3) is 8.62. The molecule has 0 saturated carbocycles. The molecule has 0 fully saturated rings. The van der Waals surface area contributed by atoms with E-state index in [0.29, 0.717) is 19.8 Å². The van der Waals surface area contributed by atoms with Gasteiger partial charge in [-0.15, -0.1) is 0 Å². The van der Waals surface area contributed by atoms with Crippen LogP contribution in [0.15, 0.2) is 16.8 Å². The highest BCUT2D eigenvalue weighted by atomic mass is 16.5. The number of allylic oxidation sites excluding steroid dienone is 1. The van der Waals surface area contributed by atoms with Crippen LogP contribution in [0.5, 0.6) is 0 Å². The molecule has 0 heterocycles. The zero-order chi connectivity index (χ0) is 12.2. The van der Waals surface area contributed by atoms with Crippen LogP contribution >= 0.6 is 0 Å². The van der Waals surface area contributed by atoms with Gasteiger partial charge in [0.2, 0.25) is 0 Å². The summed E-state index contributed by atoms with van der Waals surface area (Å²) in [6, 6.07) is 0. The number of nitrogens with zero attached hydrogens (tertiary/aromatic N) is 1. The smallest absolute Gasteiger partial charge is 0.0849 e. The molecule has 0 amide bonds. The quantitative estimate of drug-likeness (QED) is 0.447. The van der Waals surface area contributed by atoms with E-state index in [0.717, 1.165) is 25.0 Å². The Labute approximate surface area is 99.6 Å². The Balaban J connectivity index is 4.05. The molecule has 94 valence electrons. The lowest BCUT2D eigenvalue weighted by atomic mass is 10.2. The summed E-state index contributed by atoms with van der Waals surface area (Å²) in [7, 11) is 1.68. The van der Waals surface area contributed by atoms with Gasteiger partial charge in [-0.3, -0.25) is 4.99 Å². The zero-order valence-electron chi connectivity index (χ0n) is 11.1. The summed E-state index contributed by atoms with van der Waals surface area (Å²) < 4.78 is 10.4. The van der Waals surface area contributed by atoms with E-state index in [1.807, 2.05) is 6.20 Å². The van der Waals surface area contributed by atoms with Crippen molar-refractivity contribution in [2.24, 2.45) is 4.99 Å². The first kappa shape index (κ1) is 15.3. The van der Waals surface area contributed by atoms with Gasteiger partial charge in [0.05, 0.1) is 19.8 Å². The Morgan fingerprint density at radius 1 is 1.25 bits per heavy atom. The van der Waals surface area contributed by atoms with E-state index in [-0.39, 0.29) is 0 Å². The molecule has 3 nitrogen and oxygen atoms in total. The Hall–Kier alpha value is -0.670. The highest BCUT2D eigenvalue weighted by Crippen LogP contribution is 2.01. The monoisotopic (exact) mass is 227 g/mol. The second-order valence-electron chi connectivity index (χ2n) is 3.82. The van der Waals surface area contributed by atoms with Crippen LogP contribution in [0.25, 0.3) is 0 Å². The minimum absolute atomic E-state index is 0.616. The van der Waals surface area contributed by atoms with Crippen LogP contribution in [0.4, 0.5) is 0 Å². The maximum atomic E-state index is 5.47. The van der Waals surface area contributed by atoms with Crippen molar-refractivity contribution in [3.8, 4) is 0 Å². The van der Waals surface area contributed by atoms with Crippen LogP contribution in [-0.2, 0) is 9.47 Å². The molecular formula is C13H25NO2. The van der Waals surface area contributed by atoms with Crippen LogP contribution in [0.1, 0.15) is 40.0 Å². The van der Waals surface area contributed by atoms with E-state index in [9.17, 15) is 0 Å². The molecule has 0 spiro atoms. The predicted octanol–water partition coefficient (Wildman–Crippen LogP) is 3.20. The minimum atomic E-state index is 0.616. The van der Waals surface area contributed by atoms with Crippen molar-refractivity contribution in [2.45, 2.75) is 40.0 Å². The van der Waals surface area contributed by atoms with Crippen LogP contribution in [0.2, 0.25) is 0 Å². The van der Waals surface area contributed by atoms with Gasteiger partial charge in [0.1, 0.15) is 0 Å². The lowest BCUT2D eigenvalue weighted by molar-refractivity contribution is 0.0895. The molecule has 0 N–H and O–H groups in total. The van der Waals surface area contributed by atoms with E-state index in [2.05, 4.69) is 25.8 Å². The van der Waals surface area contributed by atoms with Gasteiger partial charge in [-0.05, 0) is 19.8 Å². The molecule has 0 aliphatic rings. The lowest BCUT2D eigenvalue weighted by Gasteiger charge is -2.05. The number of rotatable bonds is 9. The van der Waals surface area contributed by atoms with Crippen LogP contribution in [0.3, 0.4) is 0 Å². The van der Waals surface area contributed by atoms with E-state index in [4.69, 9.17) is 9.47 Å². The molecule has 0 unspecified atom stereocenters. The molecule has 0 radical (unpaired) electrons. The summed E-state index contributed by atoms with van der Waals surface area (Å²) in [5.74, 6) is 0. The van der Waals surface area contributed by atoms with E-state index in [1.54, 1.807) is 7.11 Å². The highest BCUT2D eigenvalue weighted by Gasteiger charge is 1.97. The molecule has 16 heavy (non-hydrogen) atoms. The number of methoxy groups -OCH3 is 1. The highest BCUT2D eigenvalue weighted by molar-refractivity contribution is 5.86. The maximum Gasteiger partial charge on any atom is 0.0849 e. The van der Waals surface area contributed by atoms with E-state index >= 15 is 0 Å². The second-order valence-corrected chi connectivity index (χ2v) is 3.82. The first-order valence-corrected chi connectivity index (χ1v) is 6.02. The summed E-state index contributed by atoms with van der Waals surface area (Å²) in [6.45, 7) is 8.28. The SMILES string of the molecule is CCCC(COCCOC)=N/C=C(\C)CC. The molecule has 0 rings (SSSR count). The van der Waals surface area contributed by atoms with Gasteiger partial charge < -0.3 is 9.47 Å².